The molecular weight excluding hydrogens is 298 g/mol. The predicted molar refractivity (Wildman–Crippen MR) is 85.7 cm³/mol. The molecule has 0 saturated heterocycles. The van der Waals surface area contributed by atoms with Gasteiger partial charge in [0.25, 0.3) is 0 Å². The van der Waals surface area contributed by atoms with Crippen LogP contribution in [0, 0.1) is 0 Å². The molecule has 0 heterocycles. The van der Waals surface area contributed by atoms with Crippen LogP contribution >= 0.6 is 0 Å². The Bertz CT molecular complexity index is 616. The number of amides is 1. The summed E-state index contributed by atoms with van der Waals surface area (Å²) in [7, 11) is 0. The molecule has 6 heteroatoms. The van der Waals surface area contributed by atoms with Crippen LogP contribution in [0.1, 0.15) is 50.5 Å². The van der Waals surface area contributed by atoms with E-state index in [0.717, 1.165) is 0 Å². The molecule has 0 aromatic heterocycles. The molecule has 126 valence electrons. The number of nitrogens with one attached hydrogen (secondary N) is 1. The smallest absolute Gasteiger partial charge is 0.408 e. The summed E-state index contributed by atoms with van der Waals surface area (Å²) in [5.74, 6) is -0.560. The van der Waals surface area contributed by atoms with Gasteiger partial charge in [-0.1, -0.05) is 12.1 Å². The van der Waals surface area contributed by atoms with Crippen molar-refractivity contribution in [1.82, 2.24) is 5.32 Å². The number of carbonyl (C=O) groups excluding carboxylic acids is 3. The first-order valence-corrected chi connectivity index (χ1v) is 7.34. The standard InChI is InChI=1S/C17H23NO5/c1-10(18-16(22)23-17(3,4)5)14(20)9-13-7-6-12(11(2)19)8-15(13)21/h6-8,10,21H,9H2,1-5H3,(H,18,22). The van der Waals surface area contributed by atoms with Crippen molar-refractivity contribution in [1.29, 1.82) is 0 Å². The number of phenols is 1. The molecule has 0 aliphatic carbocycles. The molecule has 0 radical (unpaired) electrons. The third-order valence-corrected chi connectivity index (χ3v) is 3.07. The van der Waals surface area contributed by atoms with Gasteiger partial charge in [0.2, 0.25) is 0 Å². The fourth-order valence-electron chi connectivity index (χ4n) is 1.84. The molecule has 23 heavy (non-hydrogen) atoms. The van der Waals surface area contributed by atoms with Gasteiger partial charge in [0, 0.05) is 17.5 Å². The molecule has 1 rings (SSSR count). The second-order valence-electron chi connectivity index (χ2n) is 6.41. The maximum Gasteiger partial charge on any atom is 0.408 e. The van der Waals surface area contributed by atoms with E-state index in [1.54, 1.807) is 33.8 Å². The summed E-state index contributed by atoms with van der Waals surface area (Å²) in [5.41, 5.74) is 0.129. The summed E-state index contributed by atoms with van der Waals surface area (Å²) in [6.07, 6.45) is -0.726. The van der Waals surface area contributed by atoms with E-state index in [-0.39, 0.29) is 23.7 Å². The Morgan fingerprint density at radius 3 is 2.35 bits per heavy atom. The van der Waals surface area contributed by atoms with Gasteiger partial charge in [-0.2, -0.15) is 0 Å². The van der Waals surface area contributed by atoms with E-state index in [2.05, 4.69) is 5.32 Å². The highest BCUT2D eigenvalue weighted by Gasteiger charge is 2.21. The summed E-state index contributed by atoms with van der Waals surface area (Å²) in [6.45, 7) is 8.13. The number of Topliss-reactive ketones (excluding diaryl/α,β-unsaturated/α-hetero) is 2. The van der Waals surface area contributed by atoms with E-state index in [4.69, 9.17) is 4.74 Å². The van der Waals surface area contributed by atoms with E-state index in [9.17, 15) is 19.5 Å². The predicted octanol–water partition coefficient (Wildman–Crippen LogP) is 2.62. The molecule has 0 bridgehead atoms. The van der Waals surface area contributed by atoms with Crippen LogP contribution in [-0.4, -0.2) is 34.4 Å². The Labute approximate surface area is 135 Å². The molecule has 0 fully saturated rings. The third kappa shape index (κ3) is 6.10. The molecule has 0 aliphatic heterocycles. The number of alkyl carbamates (subject to hydrolysis) is 1. The number of aromatic hydroxyl groups is 1. The van der Waals surface area contributed by atoms with Gasteiger partial charge in [-0.15, -0.1) is 0 Å². The molecule has 1 amide bonds. The van der Waals surface area contributed by atoms with Gasteiger partial charge in [-0.3, -0.25) is 9.59 Å². The number of hydrogen-bond acceptors (Lipinski definition) is 5. The summed E-state index contributed by atoms with van der Waals surface area (Å²) in [5, 5.41) is 12.3. The van der Waals surface area contributed by atoms with Crippen LogP contribution in [0.25, 0.3) is 0 Å². The summed E-state index contributed by atoms with van der Waals surface area (Å²) < 4.78 is 5.09. The zero-order valence-electron chi connectivity index (χ0n) is 14.1. The second kappa shape index (κ2) is 7.26. The number of ether oxygens (including phenoxy) is 1. The van der Waals surface area contributed by atoms with Gasteiger partial charge < -0.3 is 15.2 Å². The minimum Gasteiger partial charge on any atom is -0.508 e. The van der Waals surface area contributed by atoms with Crippen molar-refractivity contribution in [3.05, 3.63) is 29.3 Å². The Balaban J connectivity index is 2.69. The SMILES string of the molecule is CC(=O)c1ccc(CC(=O)C(C)NC(=O)OC(C)(C)C)c(O)c1. The Morgan fingerprint density at radius 2 is 1.87 bits per heavy atom. The minimum atomic E-state index is -0.753. The molecule has 0 spiro atoms. The van der Waals surface area contributed by atoms with Crippen molar-refractivity contribution in [2.45, 2.75) is 52.7 Å². The highest BCUT2D eigenvalue weighted by molar-refractivity contribution is 5.95. The maximum atomic E-state index is 12.1. The average Bonchev–Trinajstić information content (AvgIpc) is 2.38. The lowest BCUT2D eigenvalue weighted by atomic mass is 10.0. The molecular formula is C17H23NO5. The first-order chi connectivity index (χ1) is 10.5. The third-order valence-electron chi connectivity index (χ3n) is 3.07. The fraction of sp³-hybridized carbons (Fsp3) is 0.471. The number of ketones is 2. The zero-order valence-corrected chi connectivity index (χ0v) is 14.1. The molecule has 6 nitrogen and oxygen atoms in total. The van der Waals surface area contributed by atoms with E-state index >= 15 is 0 Å². The number of benzene rings is 1. The van der Waals surface area contributed by atoms with Crippen molar-refractivity contribution in [2.75, 3.05) is 0 Å². The van der Waals surface area contributed by atoms with Crippen LogP contribution in [0.5, 0.6) is 5.75 Å². The lowest BCUT2D eigenvalue weighted by Gasteiger charge is -2.21. The number of rotatable bonds is 5. The van der Waals surface area contributed by atoms with E-state index in [1.165, 1.54) is 19.1 Å². The van der Waals surface area contributed by atoms with Crippen molar-refractivity contribution < 1.29 is 24.2 Å². The monoisotopic (exact) mass is 321 g/mol. The highest BCUT2D eigenvalue weighted by Crippen LogP contribution is 2.20. The lowest BCUT2D eigenvalue weighted by Crippen LogP contribution is -2.42. The second-order valence-corrected chi connectivity index (χ2v) is 6.41. The Hall–Kier alpha value is -2.37. The van der Waals surface area contributed by atoms with Crippen molar-refractivity contribution >= 4 is 17.7 Å². The number of hydrogen-bond donors (Lipinski definition) is 2. The minimum absolute atomic E-state index is 0.0546. The van der Waals surface area contributed by atoms with Crippen LogP contribution in [0.2, 0.25) is 0 Å². The maximum absolute atomic E-state index is 12.1. The molecule has 1 atom stereocenters. The topological polar surface area (TPSA) is 92.7 Å². The van der Waals surface area contributed by atoms with Crippen LogP contribution in [0.4, 0.5) is 4.79 Å². The highest BCUT2D eigenvalue weighted by atomic mass is 16.6. The quantitative estimate of drug-likeness (QED) is 0.813. The van der Waals surface area contributed by atoms with Gasteiger partial charge in [0.15, 0.2) is 11.6 Å². The molecule has 1 aromatic rings. The largest absolute Gasteiger partial charge is 0.508 e. The lowest BCUT2D eigenvalue weighted by molar-refractivity contribution is -0.120. The summed E-state index contributed by atoms with van der Waals surface area (Å²) >= 11 is 0. The molecule has 0 aliphatic rings. The molecule has 1 aromatic carbocycles. The number of phenolic OH excluding ortho intramolecular Hbond substituents is 1. The van der Waals surface area contributed by atoms with Crippen molar-refractivity contribution in [2.24, 2.45) is 0 Å². The fourth-order valence-corrected chi connectivity index (χ4v) is 1.84. The van der Waals surface area contributed by atoms with Crippen LogP contribution in [0.15, 0.2) is 18.2 Å². The van der Waals surface area contributed by atoms with E-state index in [0.29, 0.717) is 11.1 Å². The zero-order chi connectivity index (χ0) is 17.8. The normalized spacial score (nSPS) is 12.4. The van der Waals surface area contributed by atoms with Gasteiger partial charge in [-0.05, 0) is 40.7 Å². The van der Waals surface area contributed by atoms with E-state index in [1.807, 2.05) is 0 Å². The van der Waals surface area contributed by atoms with E-state index < -0.39 is 17.7 Å². The van der Waals surface area contributed by atoms with Crippen molar-refractivity contribution in [3.8, 4) is 5.75 Å². The van der Waals surface area contributed by atoms with Gasteiger partial charge in [0.1, 0.15) is 11.4 Å². The van der Waals surface area contributed by atoms with Gasteiger partial charge >= 0.3 is 6.09 Å². The van der Waals surface area contributed by atoms with Gasteiger partial charge in [0.05, 0.1) is 6.04 Å². The Morgan fingerprint density at radius 1 is 1.26 bits per heavy atom. The van der Waals surface area contributed by atoms with Crippen molar-refractivity contribution in [3.63, 3.8) is 0 Å². The summed E-state index contributed by atoms with van der Waals surface area (Å²) in [4.78, 5) is 35.0. The number of carbonyl (C=O) groups is 3. The first-order valence-electron chi connectivity index (χ1n) is 7.34. The van der Waals surface area contributed by atoms with Gasteiger partial charge in [-0.25, -0.2) is 4.79 Å². The van der Waals surface area contributed by atoms with Crippen LogP contribution in [-0.2, 0) is 16.0 Å². The average molecular weight is 321 g/mol. The van der Waals surface area contributed by atoms with Crippen LogP contribution < -0.4 is 5.32 Å². The molecule has 0 saturated carbocycles. The summed E-state index contributed by atoms with van der Waals surface area (Å²) in [6, 6.07) is 3.66. The molecule has 1 unspecified atom stereocenters. The Kier molecular flexibility index (Phi) is 5.90. The first kappa shape index (κ1) is 18.7. The van der Waals surface area contributed by atoms with Crippen LogP contribution in [0.3, 0.4) is 0 Å². The molecule has 2 N–H and O–H groups in total.